The lowest BCUT2D eigenvalue weighted by atomic mass is 10.1. The Labute approximate surface area is 147 Å². The molecule has 1 amide bonds. The van der Waals surface area contributed by atoms with Crippen LogP contribution < -0.4 is 18.9 Å². The molecular weight excluding hydrogens is 326 g/mol. The molecule has 2 atom stereocenters. The molecule has 7 nitrogen and oxygen atoms in total. The Morgan fingerprint density at radius 1 is 1.16 bits per heavy atom. The lowest BCUT2D eigenvalue weighted by Gasteiger charge is -2.34. The predicted octanol–water partition coefficient (Wildman–Crippen LogP) is 2.08. The van der Waals surface area contributed by atoms with Crippen LogP contribution in [0.25, 0.3) is 6.08 Å². The Morgan fingerprint density at radius 2 is 1.84 bits per heavy atom. The van der Waals surface area contributed by atoms with Crippen molar-refractivity contribution in [3.63, 3.8) is 0 Å². The molecule has 0 bridgehead atoms. The van der Waals surface area contributed by atoms with E-state index in [2.05, 4.69) is 0 Å². The van der Waals surface area contributed by atoms with E-state index in [1.54, 1.807) is 31.3 Å². The predicted molar refractivity (Wildman–Crippen MR) is 91.3 cm³/mol. The molecule has 0 aromatic heterocycles. The van der Waals surface area contributed by atoms with Gasteiger partial charge in [0, 0.05) is 24.7 Å². The monoisotopic (exact) mass is 349 g/mol. The summed E-state index contributed by atoms with van der Waals surface area (Å²) in [6, 6.07) is 1.76. The van der Waals surface area contributed by atoms with Crippen LogP contribution in [0.5, 0.6) is 23.0 Å². The van der Waals surface area contributed by atoms with Crippen LogP contribution in [-0.4, -0.2) is 57.1 Å². The first kappa shape index (κ1) is 17.4. The smallest absolute Gasteiger partial charge is 0.246 e. The van der Waals surface area contributed by atoms with E-state index >= 15 is 0 Å². The minimum Gasteiger partial charge on any atom is -0.493 e. The van der Waals surface area contributed by atoms with Gasteiger partial charge in [-0.05, 0) is 26.0 Å². The van der Waals surface area contributed by atoms with E-state index in [1.165, 1.54) is 6.08 Å². The number of benzene rings is 1. The molecule has 1 saturated heterocycles. The molecule has 0 radical (unpaired) electrons. The number of nitrogens with zero attached hydrogens (tertiary/aromatic N) is 1. The number of ether oxygens (including phenoxy) is 5. The molecule has 0 N–H and O–H groups in total. The van der Waals surface area contributed by atoms with Crippen molar-refractivity contribution in [1.82, 2.24) is 4.90 Å². The van der Waals surface area contributed by atoms with Crippen LogP contribution >= 0.6 is 0 Å². The van der Waals surface area contributed by atoms with Gasteiger partial charge in [0.2, 0.25) is 24.2 Å². The molecule has 2 aliphatic heterocycles. The maximum atomic E-state index is 12.5. The number of hydrogen-bond donors (Lipinski definition) is 0. The molecule has 1 aromatic carbocycles. The van der Waals surface area contributed by atoms with Gasteiger partial charge in [-0.25, -0.2) is 0 Å². The highest BCUT2D eigenvalue weighted by molar-refractivity contribution is 5.92. The maximum absolute atomic E-state index is 12.5. The molecule has 3 rings (SSSR count). The maximum Gasteiger partial charge on any atom is 0.246 e. The molecule has 136 valence electrons. The second-order valence-corrected chi connectivity index (χ2v) is 6.10. The lowest BCUT2D eigenvalue weighted by molar-refractivity contribution is -0.137. The Bertz CT molecular complexity index is 677. The largest absolute Gasteiger partial charge is 0.493 e. The van der Waals surface area contributed by atoms with Crippen LogP contribution in [0, 0.1) is 0 Å². The highest BCUT2D eigenvalue weighted by Gasteiger charge is 2.27. The zero-order valence-corrected chi connectivity index (χ0v) is 14.9. The summed E-state index contributed by atoms with van der Waals surface area (Å²) in [4.78, 5) is 14.3. The van der Waals surface area contributed by atoms with Crippen molar-refractivity contribution >= 4 is 12.0 Å². The number of carbonyl (C=O) groups excluding carboxylic acids is 1. The normalized spacial score (nSPS) is 22.3. The molecule has 7 heteroatoms. The van der Waals surface area contributed by atoms with E-state index in [0.717, 1.165) is 0 Å². The Morgan fingerprint density at radius 3 is 2.48 bits per heavy atom. The highest BCUT2D eigenvalue weighted by atomic mass is 16.7. The van der Waals surface area contributed by atoms with E-state index in [9.17, 15) is 4.79 Å². The number of amides is 1. The number of fused-ring (bicyclic) bond motifs is 1. The van der Waals surface area contributed by atoms with Crippen molar-refractivity contribution in [3.05, 3.63) is 17.7 Å². The van der Waals surface area contributed by atoms with Gasteiger partial charge >= 0.3 is 0 Å². The topological polar surface area (TPSA) is 66.5 Å². The summed E-state index contributed by atoms with van der Waals surface area (Å²) in [7, 11) is 3.10. The standard InChI is InChI=1S/C18H23NO6/c1-11-8-19(9-12(2)25-11)15(20)6-5-13-7-14(21-3)17-18(16(13)22-4)24-10-23-17/h5-7,11-12H,8-10H2,1-4H3/b6-5+/t11-,12-/m1/s1. The first-order chi connectivity index (χ1) is 12.0. The first-order valence-electron chi connectivity index (χ1n) is 8.20. The van der Waals surface area contributed by atoms with Gasteiger partial charge in [0.05, 0.1) is 26.4 Å². The number of rotatable bonds is 4. The van der Waals surface area contributed by atoms with E-state index < -0.39 is 0 Å². The van der Waals surface area contributed by atoms with Gasteiger partial charge in [-0.3, -0.25) is 4.79 Å². The molecule has 0 unspecified atom stereocenters. The van der Waals surface area contributed by atoms with Crippen molar-refractivity contribution in [2.75, 3.05) is 34.1 Å². The van der Waals surface area contributed by atoms with E-state index in [-0.39, 0.29) is 24.9 Å². The van der Waals surface area contributed by atoms with Crippen molar-refractivity contribution in [1.29, 1.82) is 0 Å². The fourth-order valence-electron chi connectivity index (χ4n) is 3.14. The zero-order valence-electron chi connectivity index (χ0n) is 14.9. The van der Waals surface area contributed by atoms with E-state index in [4.69, 9.17) is 23.7 Å². The molecule has 0 spiro atoms. The molecule has 2 heterocycles. The van der Waals surface area contributed by atoms with Crippen molar-refractivity contribution in [2.45, 2.75) is 26.1 Å². The third-order valence-electron chi connectivity index (χ3n) is 4.15. The van der Waals surface area contributed by atoms with E-state index in [1.807, 2.05) is 13.8 Å². The minimum absolute atomic E-state index is 0.0290. The second-order valence-electron chi connectivity index (χ2n) is 6.10. The summed E-state index contributed by atoms with van der Waals surface area (Å²) in [5.41, 5.74) is 0.686. The minimum atomic E-state index is -0.0688. The molecule has 1 aromatic rings. The summed E-state index contributed by atoms with van der Waals surface area (Å²) < 4.78 is 27.4. The SMILES string of the molecule is COc1cc(/C=C/C(=O)N2C[C@@H](C)O[C@H](C)C2)c(OC)c2c1OCO2. The lowest BCUT2D eigenvalue weighted by Crippen LogP contribution is -2.47. The van der Waals surface area contributed by atoms with Crippen molar-refractivity contribution in [3.8, 4) is 23.0 Å². The van der Waals surface area contributed by atoms with Crippen LogP contribution in [0.1, 0.15) is 19.4 Å². The summed E-state index contributed by atoms with van der Waals surface area (Å²) in [6.07, 6.45) is 3.29. The average Bonchev–Trinajstić information content (AvgIpc) is 3.07. The van der Waals surface area contributed by atoms with Gasteiger partial charge in [-0.15, -0.1) is 0 Å². The highest BCUT2D eigenvalue weighted by Crippen LogP contribution is 2.49. The second kappa shape index (κ2) is 7.23. The van der Waals surface area contributed by atoms with Gasteiger partial charge in [0.1, 0.15) is 0 Å². The number of morpholine rings is 1. The van der Waals surface area contributed by atoms with Gasteiger partial charge in [0.25, 0.3) is 0 Å². The Balaban J connectivity index is 1.84. The van der Waals surface area contributed by atoms with Crippen molar-refractivity contribution in [2.24, 2.45) is 0 Å². The molecule has 25 heavy (non-hydrogen) atoms. The third kappa shape index (κ3) is 3.51. The third-order valence-corrected chi connectivity index (χ3v) is 4.15. The first-order valence-corrected chi connectivity index (χ1v) is 8.20. The summed E-state index contributed by atoms with van der Waals surface area (Å²) in [5.74, 6) is 1.98. The van der Waals surface area contributed by atoms with Gasteiger partial charge in [-0.2, -0.15) is 0 Å². The van der Waals surface area contributed by atoms with Crippen LogP contribution in [-0.2, 0) is 9.53 Å². The average molecular weight is 349 g/mol. The summed E-state index contributed by atoms with van der Waals surface area (Å²) in [6.45, 7) is 5.19. The summed E-state index contributed by atoms with van der Waals surface area (Å²) >= 11 is 0. The fraction of sp³-hybridized carbons (Fsp3) is 0.500. The Hall–Kier alpha value is -2.41. The van der Waals surface area contributed by atoms with Crippen LogP contribution in [0.3, 0.4) is 0 Å². The number of hydrogen-bond acceptors (Lipinski definition) is 6. The molecule has 2 aliphatic rings. The number of carbonyl (C=O) groups is 1. The van der Waals surface area contributed by atoms with Gasteiger partial charge in [0.15, 0.2) is 11.5 Å². The Kier molecular flexibility index (Phi) is 5.03. The van der Waals surface area contributed by atoms with Crippen LogP contribution in [0.2, 0.25) is 0 Å². The molecule has 0 aliphatic carbocycles. The molecule has 0 saturated carbocycles. The molecule has 1 fully saturated rings. The number of methoxy groups -OCH3 is 2. The van der Waals surface area contributed by atoms with E-state index in [0.29, 0.717) is 41.7 Å². The zero-order chi connectivity index (χ0) is 18.0. The van der Waals surface area contributed by atoms with Crippen LogP contribution in [0.15, 0.2) is 12.1 Å². The van der Waals surface area contributed by atoms with Crippen LogP contribution in [0.4, 0.5) is 0 Å². The van der Waals surface area contributed by atoms with Gasteiger partial charge < -0.3 is 28.6 Å². The van der Waals surface area contributed by atoms with Crippen molar-refractivity contribution < 1.29 is 28.5 Å². The fourth-order valence-corrected chi connectivity index (χ4v) is 3.14. The quantitative estimate of drug-likeness (QED) is 0.776. The van der Waals surface area contributed by atoms with Gasteiger partial charge in [-0.1, -0.05) is 0 Å². The molecular formula is C18H23NO6. The summed E-state index contributed by atoms with van der Waals surface area (Å²) in [5, 5.41) is 0.